The fourth-order valence-corrected chi connectivity index (χ4v) is 4.03. The molecule has 0 aromatic carbocycles. The summed E-state index contributed by atoms with van der Waals surface area (Å²) < 4.78 is 30.7. The molecule has 0 saturated carbocycles. The lowest BCUT2D eigenvalue weighted by Crippen LogP contribution is -2.49. The lowest BCUT2D eigenvalue weighted by Gasteiger charge is -2.32. The van der Waals surface area contributed by atoms with Gasteiger partial charge in [0, 0.05) is 6.54 Å². The third-order valence-corrected chi connectivity index (χ3v) is 5.08. The first-order chi connectivity index (χ1) is 8.53. The molecule has 1 fully saturated rings. The fraction of sp³-hybridized carbons (Fsp3) is 0.917. The largest absolute Gasteiger partial charge is 0.465 e. The molecule has 1 saturated heterocycles. The highest BCUT2D eigenvalue weighted by molar-refractivity contribution is 7.89. The first kappa shape index (κ1) is 15.4. The maximum absolute atomic E-state index is 12.2. The first-order valence-electron chi connectivity index (χ1n) is 6.69. The zero-order valence-corrected chi connectivity index (χ0v) is 12.0. The van der Waals surface area contributed by atoms with E-state index in [1.165, 1.54) is 4.31 Å². The van der Waals surface area contributed by atoms with Gasteiger partial charge in [-0.25, -0.2) is 8.42 Å². The second-order valence-corrected chi connectivity index (χ2v) is 6.59. The molecule has 1 heterocycles. The number of rotatable bonds is 6. The number of hydrogen-bond acceptors (Lipinski definition) is 4. The summed E-state index contributed by atoms with van der Waals surface area (Å²) in [4.78, 5) is 11.8. The molecule has 0 aliphatic carbocycles. The van der Waals surface area contributed by atoms with Crippen molar-refractivity contribution in [3.8, 4) is 0 Å². The van der Waals surface area contributed by atoms with E-state index in [9.17, 15) is 13.2 Å². The number of carbonyl (C=O) groups is 1. The number of esters is 1. The van der Waals surface area contributed by atoms with Crippen molar-refractivity contribution in [3.63, 3.8) is 0 Å². The Kier molecular flexibility index (Phi) is 6.08. The smallest absolute Gasteiger partial charge is 0.324 e. The Labute approximate surface area is 110 Å². The van der Waals surface area contributed by atoms with Gasteiger partial charge in [-0.05, 0) is 32.6 Å². The molecule has 0 spiro atoms. The third kappa shape index (κ3) is 3.95. The number of carbonyl (C=O) groups excluding carboxylic acids is 1. The average molecular weight is 277 g/mol. The van der Waals surface area contributed by atoms with Crippen LogP contribution in [-0.2, 0) is 19.6 Å². The number of sulfonamides is 1. The Balaban J connectivity index is 2.78. The Hall–Kier alpha value is -0.620. The van der Waals surface area contributed by atoms with Crippen LogP contribution in [0.5, 0.6) is 0 Å². The zero-order chi connectivity index (χ0) is 13.6. The quantitative estimate of drug-likeness (QED) is 0.691. The molecule has 0 N–H and O–H groups in total. The summed E-state index contributed by atoms with van der Waals surface area (Å²) >= 11 is 0. The molecule has 5 nitrogen and oxygen atoms in total. The van der Waals surface area contributed by atoms with Gasteiger partial charge in [0.1, 0.15) is 6.04 Å². The van der Waals surface area contributed by atoms with E-state index in [1.54, 1.807) is 6.92 Å². The topological polar surface area (TPSA) is 63.7 Å². The van der Waals surface area contributed by atoms with Gasteiger partial charge in [-0.15, -0.1) is 0 Å². The van der Waals surface area contributed by atoms with Crippen LogP contribution in [0.15, 0.2) is 0 Å². The standard InChI is InChI=1S/C12H23NO4S/c1-3-5-10-18(15,16)13-9-7-6-8-11(13)12(14)17-4-2/h11H,3-10H2,1-2H3. The Morgan fingerprint density at radius 3 is 2.67 bits per heavy atom. The normalized spacial score (nSPS) is 21.8. The molecule has 0 amide bonds. The van der Waals surface area contributed by atoms with Crippen LogP contribution in [-0.4, -0.2) is 43.6 Å². The molecule has 1 rings (SSSR count). The maximum atomic E-state index is 12.2. The summed E-state index contributed by atoms with van der Waals surface area (Å²) in [6.07, 6.45) is 3.74. The van der Waals surface area contributed by atoms with Crippen LogP contribution in [0.1, 0.15) is 46.0 Å². The molecule has 0 bridgehead atoms. The van der Waals surface area contributed by atoms with E-state index in [2.05, 4.69) is 0 Å². The van der Waals surface area contributed by atoms with Crippen molar-refractivity contribution in [2.45, 2.75) is 52.0 Å². The van der Waals surface area contributed by atoms with Crippen molar-refractivity contribution in [3.05, 3.63) is 0 Å². The second-order valence-electron chi connectivity index (χ2n) is 4.54. The van der Waals surface area contributed by atoms with Gasteiger partial charge in [-0.3, -0.25) is 4.79 Å². The summed E-state index contributed by atoms with van der Waals surface area (Å²) in [5.41, 5.74) is 0. The summed E-state index contributed by atoms with van der Waals surface area (Å²) in [5, 5.41) is 0. The summed E-state index contributed by atoms with van der Waals surface area (Å²) in [6.45, 7) is 4.42. The number of ether oxygens (including phenoxy) is 1. The molecule has 1 atom stereocenters. The number of unbranched alkanes of at least 4 members (excludes halogenated alkanes) is 1. The zero-order valence-electron chi connectivity index (χ0n) is 11.2. The molecule has 106 valence electrons. The average Bonchev–Trinajstić information content (AvgIpc) is 2.37. The summed E-state index contributed by atoms with van der Waals surface area (Å²) in [7, 11) is -3.33. The molecule has 0 aromatic heterocycles. The minimum absolute atomic E-state index is 0.124. The molecule has 1 unspecified atom stereocenters. The van der Waals surface area contributed by atoms with Crippen LogP contribution < -0.4 is 0 Å². The monoisotopic (exact) mass is 277 g/mol. The molecule has 0 aromatic rings. The second kappa shape index (κ2) is 7.09. The van der Waals surface area contributed by atoms with Gasteiger partial charge >= 0.3 is 5.97 Å². The SMILES string of the molecule is CCCCS(=O)(=O)N1CCCCC1C(=O)OCC. The van der Waals surface area contributed by atoms with E-state index in [0.29, 0.717) is 19.4 Å². The van der Waals surface area contributed by atoms with Gasteiger partial charge in [0.05, 0.1) is 12.4 Å². The van der Waals surface area contributed by atoms with Crippen LogP contribution in [0, 0.1) is 0 Å². The highest BCUT2D eigenvalue weighted by Crippen LogP contribution is 2.22. The van der Waals surface area contributed by atoms with Crippen LogP contribution in [0.4, 0.5) is 0 Å². The van der Waals surface area contributed by atoms with Crippen LogP contribution in [0.2, 0.25) is 0 Å². The lowest BCUT2D eigenvalue weighted by molar-refractivity contribution is -0.148. The molecular weight excluding hydrogens is 254 g/mol. The first-order valence-corrected chi connectivity index (χ1v) is 8.30. The molecule has 6 heteroatoms. The van der Waals surface area contributed by atoms with Gasteiger partial charge in [0.15, 0.2) is 0 Å². The highest BCUT2D eigenvalue weighted by Gasteiger charge is 2.36. The van der Waals surface area contributed by atoms with Crippen molar-refractivity contribution >= 4 is 16.0 Å². The summed E-state index contributed by atoms with van der Waals surface area (Å²) in [6, 6.07) is -0.611. The van der Waals surface area contributed by atoms with Crippen molar-refractivity contribution in [2.24, 2.45) is 0 Å². The van der Waals surface area contributed by atoms with Gasteiger partial charge in [-0.1, -0.05) is 13.3 Å². The van der Waals surface area contributed by atoms with Crippen molar-refractivity contribution < 1.29 is 17.9 Å². The van der Waals surface area contributed by atoms with Crippen LogP contribution in [0.3, 0.4) is 0 Å². The van der Waals surface area contributed by atoms with Crippen LogP contribution >= 0.6 is 0 Å². The number of nitrogens with zero attached hydrogens (tertiary/aromatic N) is 1. The van der Waals surface area contributed by atoms with Crippen molar-refractivity contribution in [1.82, 2.24) is 4.31 Å². The van der Waals surface area contributed by atoms with Gasteiger partial charge in [0.25, 0.3) is 0 Å². The molecule has 1 aliphatic heterocycles. The van der Waals surface area contributed by atoms with E-state index >= 15 is 0 Å². The van der Waals surface area contributed by atoms with E-state index in [0.717, 1.165) is 19.3 Å². The molecule has 18 heavy (non-hydrogen) atoms. The van der Waals surface area contributed by atoms with E-state index in [1.807, 2.05) is 6.92 Å². The van der Waals surface area contributed by atoms with Crippen LogP contribution in [0.25, 0.3) is 0 Å². The number of piperidine rings is 1. The van der Waals surface area contributed by atoms with E-state index in [-0.39, 0.29) is 12.4 Å². The molecular formula is C12H23NO4S. The van der Waals surface area contributed by atoms with E-state index < -0.39 is 22.0 Å². The molecule has 1 aliphatic rings. The van der Waals surface area contributed by atoms with E-state index in [4.69, 9.17) is 4.74 Å². The Morgan fingerprint density at radius 2 is 2.06 bits per heavy atom. The van der Waals surface area contributed by atoms with Gasteiger partial charge in [-0.2, -0.15) is 4.31 Å². The minimum atomic E-state index is -3.33. The van der Waals surface area contributed by atoms with Crippen molar-refractivity contribution in [1.29, 1.82) is 0 Å². The predicted octanol–water partition coefficient (Wildman–Crippen LogP) is 1.53. The highest BCUT2D eigenvalue weighted by atomic mass is 32.2. The Morgan fingerprint density at radius 1 is 1.33 bits per heavy atom. The fourth-order valence-electron chi connectivity index (χ4n) is 2.16. The Bertz CT molecular complexity index is 366. The minimum Gasteiger partial charge on any atom is -0.465 e. The van der Waals surface area contributed by atoms with Gasteiger partial charge < -0.3 is 4.74 Å². The molecule has 0 radical (unpaired) electrons. The number of hydrogen-bond donors (Lipinski definition) is 0. The lowest BCUT2D eigenvalue weighted by atomic mass is 10.1. The summed E-state index contributed by atoms with van der Waals surface area (Å²) in [5.74, 6) is -0.281. The van der Waals surface area contributed by atoms with Gasteiger partial charge in [0.2, 0.25) is 10.0 Å². The third-order valence-electron chi connectivity index (χ3n) is 3.13. The predicted molar refractivity (Wildman–Crippen MR) is 69.7 cm³/mol. The van der Waals surface area contributed by atoms with Crippen molar-refractivity contribution in [2.75, 3.05) is 18.9 Å². The maximum Gasteiger partial charge on any atom is 0.324 e.